The molecule has 1 aromatic carbocycles. The van der Waals surface area contributed by atoms with Gasteiger partial charge in [0.1, 0.15) is 5.82 Å². The minimum Gasteiger partial charge on any atom is -0.384 e. The van der Waals surface area contributed by atoms with Crippen LogP contribution in [0.5, 0.6) is 0 Å². The number of rotatable bonds is 4. The van der Waals surface area contributed by atoms with Crippen molar-refractivity contribution in [2.24, 2.45) is 0 Å². The third kappa shape index (κ3) is 3.23. The summed E-state index contributed by atoms with van der Waals surface area (Å²) >= 11 is 0. The Labute approximate surface area is 159 Å². The lowest BCUT2D eigenvalue weighted by atomic mass is 9.91. The largest absolute Gasteiger partial charge is 0.384 e. The van der Waals surface area contributed by atoms with Crippen LogP contribution in [0.15, 0.2) is 55.0 Å². The highest BCUT2D eigenvalue weighted by atomic mass is 14.8. The fourth-order valence-corrected chi connectivity index (χ4v) is 3.88. The summed E-state index contributed by atoms with van der Waals surface area (Å²) in [5.74, 6) is 1.18. The second kappa shape index (κ2) is 6.95. The first kappa shape index (κ1) is 17.4. The van der Waals surface area contributed by atoms with Crippen LogP contribution in [0.1, 0.15) is 49.6 Å². The summed E-state index contributed by atoms with van der Waals surface area (Å²) in [6.45, 7) is 6.59. The van der Waals surface area contributed by atoms with Gasteiger partial charge in [0.25, 0.3) is 0 Å². The number of fused-ring (bicyclic) bond motifs is 2. The predicted molar refractivity (Wildman–Crippen MR) is 112 cm³/mol. The molecule has 0 bridgehead atoms. The molecule has 3 aromatic heterocycles. The van der Waals surface area contributed by atoms with E-state index in [1.807, 2.05) is 30.7 Å². The van der Waals surface area contributed by atoms with Crippen LogP contribution in [-0.2, 0) is 6.42 Å². The van der Waals surface area contributed by atoms with Crippen molar-refractivity contribution >= 4 is 27.4 Å². The van der Waals surface area contributed by atoms with E-state index >= 15 is 0 Å². The van der Waals surface area contributed by atoms with E-state index in [4.69, 9.17) is 5.73 Å². The van der Waals surface area contributed by atoms with E-state index in [0.29, 0.717) is 11.7 Å². The Morgan fingerprint density at radius 1 is 0.926 bits per heavy atom. The van der Waals surface area contributed by atoms with E-state index in [9.17, 15) is 0 Å². The van der Waals surface area contributed by atoms with Crippen LogP contribution in [0.2, 0.25) is 0 Å². The van der Waals surface area contributed by atoms with E-state index in [1.165, 1.54) is 16.3 Å². The molecule has 0 radical (unpaired) electrons. The summed E-state index contributed by atoms with van der Waals surface area (Å²) < 4.78 is 0. The first-order valence-electron chi connectivity index (χ1n) is 9.41. The van der Waals surface area contributed by atoms with Gasteiger partial charge in [-0.3, -0.25) is 9.97 Å². The molecule has 0 amide bonds. The van der Waals surface area contributed by atoms with Crippen molar-refractivity contribution in [1.29, 1.82) is 0 Å². The molecule has 136 valence electrons. The van der Waals surface area contributed by atoms with E-state index < -0.39 is 0 Å². The van der Waals surface area contributed by atoms with Crippen LogP contribution in [0, 0.1) is 0 Å². The molecule has 0 saturated heterocycles. The van der Waals surface area contributed by atoms with Gasteiger partial charge in [-0.25, -0.2) is 4.98 Å². The van der Waals surface area contributed by atoms with Crippen molar-refractivity contribution in [3.63, 3.8) is 0 Å². The summed E-state index contributed by atoms with van der Waals surface area (Å²) in [6.07, 6.45) is 6.48. The zero-order valence-corrected chi connectivity index (χ0v) is 16.0. The van der Waals surface area contributed by atoms with Gasteiger partial charge in [0.2, 0.25) is 0 Å². The first-order chi connectivity index (χ1) is 13.0. The molecular formula is C23H24N4. The molecule has 0 spiro atoms. The maximum absolute atomic E-state index is 6.05. The second-order valence-electron chi connectivity index (χ2n) is 7.50. The van der Waals surface area contributed by atoms with Gasteiger partial charge < -0.3 is 5.73 Å². The highest BCUT2D eigenvalue weighted by Crippen LogP contribution is 2.31. The third-order valence-corrected chi connectivity index (χ3v) is 5.15. The Morgan fingerprint density at radius 2 is 1.74 bits per heavy atom. The van der Waals surface area contributed by atoms with Crippen molar-refractivity contribution in [2.75, 3.05) is 5.73 Å². The lowest BCUT2D eigenvalue weighted by Crippen LogP contribution is -2.05. The number of pyridine rings is 3. The van der Waals surface area contributed by atoms with Gasteiger partial charge in [-0.05, 0) is 41.5 Å². The molecule has 0 aliphatic heterocycles. The molecule has 3 heterocycles. The molecule has 0 aliphatic rings. The fraction of sp³-hybridized carbons (Fsp3) is 0.261. The number of hydrogen-bond donors (Lipinski definition) is 1. The molecule has 0 aliphatic carbocycles. The van der Waals surface area contributed by atoms with E-state index in [-0.39, 0.29) is 5.92 Å². The van der Waals surface area contributed by atoms with Crippen molar-refractivity contribution in [2.45, 2.75) is 39.0 Å². The zero-order valence-electron chi connectivity index (χ0n) is 16.0. The lowest BCUT2D eigenvalue weighted by molar-refractivity contribution is 0.743. The number of anilines is 1. The molecule has 0 fully saturated rings. The molecular weight excluding hydrogens is 332 g/mol. The number of aromatic nitrogens is 3. The molecule has 2 N–H and O–H groups in total. The topological polar surface area (TPSA) is 64.7 Å². The Balaban J connectivity index is 1.78. The Kier molecular flexibility index (Phi) is 4.48. The minimum absolute atomic E-state index is 0.236. The molecule has 4 nitrogen and oxygen atoms in total. The smallest absolute Gasteiger partial charge is 0.124 e. The summed E-state index contributed by atoms with van der Waals surface area (Å²) in [6, 6.07) is 12.5. The van der Waals surface area contributed by atoms with Gasteiger partial charge in [-0.2, -0.15) is 0 Å². The average molecular weight is 356 g/mol. The minimum atomic E-state index is 0.236. The highest BCUT2D eigenvalue weighted by Gasteiger charge is 2.16. The van der Waals surface area contributed by atoms with Gasteiger partial charge in [-0.1, -0.05) is 39.0 Å². The lowest BCUT2D eigenvalue weighted by Gasteiger charge is -2.17. The summed E-state index contributed by atoms with van der Waals surface area (Å²) in [5.41, 5.74) is 9.55. The Bertz CT molecular complexity index is 1120. The van der Waals surface area contributed by atoms with Crippen LogP contribution < -0.4 is 5.73 Å². The van der Waals surface area contributed by atoms with E-state index in [1.54, 1.807) is 0 Å². The quantitative estimate of drug-likeness (QED) is 0.544. The Morgan fingerprint density at radius 3 is 2.56 bits per heavy atom. The molecule has 4 rings (SSSR count). The van der Waals surface area contributed by atoms with Crippen LogP contribution in [-0.4, -0.2) is 15.0 Å². The molecule has 1 unspecified atom stereocenters. The number of nitrogen functional groups attached to an aromatic ring is 1. The summed E-state index contributed by atoms with van der Waals surface area (Å²) in [4.78, 5) is 13.5. The number of nitrogens with two attached hydrogens (primary N) is 1. The Hall–Kier alpha value is -3.01. The number of nitrogens with zero attached hydrogens (tertiary/aromatic N) is 3. The molecule has 0 saturated carbocycles. The van der Waals surface area contributed by atoms with Crippen LogP contribution in [0.4, 0.5) is 5.82 Å². The highest BCUT2D eigenvalue weighted by molar-refractivity contribution is 5.88. The first-order valence-corrected chi connectivity index (χ1v) is 9.41. The summed E-state index contributed by atoms with van der Waals surface area (Å²) in [5, 5.41) is 4.68. The van der Waals surface area contributed by atoms with Crippen molar-refractivity contribution in [1.82, 2.24) is 15.0 Å². The SMILES string of the molecule is CC(C)c1nccc2c(CC(C)c3nc(N)cc4cnccc34)cccc12. The predicted octanol–water partition coefficient (Wildman–Crippen LogP) is 5.23. The molecule has 4 heteroatoms. The summed E-state index contributed by atoms with van der Waals surface area (Å²) in [7, 11) is 0. The molecule has 27 heavy (non-hydrogen) atoms. The van der Waals surface area contributed by atoms with E-state index in [0.717, 1.165) is 28.6 Å². The monoisotopic (exact) mass is 356 g/mol. The maximum atomic E-state index is 6.05. The van der Waals surface area contributed by atoms with Gasteiger partial charge in [0.15, 0.2) is 0 Å². The van der Waals surface area contributed by atoms with Gasteiger partial charge in [0.05, 0.1) is 11.4 Å². The molecule has 1 atom stereocenters. The van der Waals surface area contributed by atoms with Crippen LogP contribution in [0.3, 0.4) is 0 Å². The van der Waals surface area contributed by atoms with Crippen LogP contribution in [0.25, 0.3) is 21.5 Å². The molecule has 4 aromatic rings. The fourth-order valence-electron chi connectivity index (χ4n) is 3.88. The second-order valence-corrected chi connectivity index (χ2v) is 7.50. The van der Waals surface area contributed by atoms with Crippen LogP contribution >= 0.6 is 0 Å². The van der Waals surface area contributed by atoms with E-state index in [2.05, 4.69) is 60.0 Å². The number of benzene rings is 1. The van der Waals surface area contributed by atoms with Gasteiger partial charge >= 0.3 is 0 Å². The zero-order chi connectivity index (χ0) is 19.0. The van der Waals surface area contributed by atoms with Crippen molar-refractivity contribution < 1.29 is 0 Å². The standard InChI is InChI=1S/C23H24N4/c1-14(2)22-20-6-4-5-16(18(20)8-10-26-22)11-15(3)23-19-7-9-25-13-17(19)12-21(24)27-23/h4-10,12-15H,11H2,1-3H3,(H2,24,27). The third-order valence-electron chi connectivity index (χ3n) is 5.15. The van der Waals surface area contributed by atoms with Gasteiger partial charge in [-0.15, -0.1) is 0 Å². The van der Waals surface area contributed by atoms with Gasteiger partial charge in [0, 0.05) is 40.7 Å². The normalized spacial score (nSPS) is 12.7. The maximum Gasteiger partial charge on any atom is 0.124 e. The average Bonchev–Trinajstić information content (AvgIpc) is 2.67. The van der Waals surface area contributed by atoms with Crippen molar-refractivity contribution in [3.8, 4) is 0 Å². The van der Waals surface area contributed by atoms with Crippen molar-refractivity contribution in [3.05, 3.63) is 71.9 Å². The number of hydrogen-bond acceptors (Lipinski definition) is 4.